The van der Waals surface area contributed by atoms with Crippen LogP contribution in [0.3, 0.4) is 0 Å². The molecular weight excluding hydrogens is 252 g/mol. The second kappa shape index (κ2) is 5.57. The molecule has 0 saturated carbocycles. The van der Waals surface area contributed by atoms with E-state index in [-0.39, 0.29) is 11.1 Å². The molecule has 6 heteroatoms. The number of carbonyl (C=O) groups is 1. The van der Waals surface area contributed by atoms with Crippen molar-refractivity contribution in [3.63, 3.8) is 0 Å². The topological polar surface area (TPSA) is 80.9 Å². The van der Waals surface area contributed by atoms with Gasteiger partial charge >= 0.3 is 0 Å². The lowest BCUT2D eigenvalue weighted by Gasteiger charge is -2.11. The normalized spacial score (nSPS) is 11.9. The lowest BCUT2D eigenvalue weighted by Crippen LogP contribution is -2.28. The van der Waals surface area contributed by atoms with Crippen molar-refractivity contribution in [2.75, 3.05) is 5.32 Å². The number of nitrogens with one attached hydrogen (secondary N) is 1. The molecule has 0 aliphatic rings. The van der Waals surface area contributed by atoms with Crippen LogP contribution in [-0.2, 0) is 4.79 Å². The minimum atomic E-state index is -0.747. The highest BCUT2D eigenvalue weighted by atomic mass is 35.5. The summed E-state index contributed by atoms with van der Waals surface area (Å²) in [6.07, 6.45) is 0. The second-order valence-corrected chi connectivity index (χ2v) is 4.01. The van der Waals surface area contributed by atoms with Crippen LogP contribution < -0.4 is 11.1 Å². The van der Waals surface area contributed by atoms with E-state index < -0.39 is 6.04 Å². The van der Waals surface area contributed by atoms with E-state index in [4.69, 9.17) is 17.3 Å². The van der Waals surface area contributed by atoms with Crippen molar-refractivity contribution in [1.29, 1.82) is 0 Å². The zero-order valence-electron chi connectivity index (χ0n) is 9.38. The van der Waals surface area contributed by atoms with Gasteiger partial charge in [-0.25, -0.2) is 0 Å². The number of rotatable bonds is 3. The van der Waals surface area contributed by atoms with Crippen LogP contribution in [0.2, 0.25) is 5.15 Å². The maximum absolute atomic E-state index is 11.9. The van der Waals surface area contributed by atoms with Gasteiger partial charge in [-0.2, -0.15) is 0 Å². The lowest BCUT2D eigenvalue weighted by molar-refractivity contribution is -0.117. The third kappa shape index (κ3) is 3.03. The van der Waals surface area contributed by atoms with Gasteiger partial charge in [-0.15, -0.1) is 10.2 Å². The molecule has 0 fully saturated rings. The number of nitrogens with zero attached hydrogens (tertiary/aromatic N) is 2. The van der Waals surface area contributed by atoms with E-state index in [0.29, 0.717) is 5.82 Å². The molecule has 1 atom stereocenters. The van der Waals surface area contributed by atoms with Gasteiger partial charge in [0.1, 0.15) is 6.04 Å². The highest BCUT2D eigenvalue weighted by molar-refractivity contribution is 6.29. The van der Waals surface area contributed by atoms with Crippen molar-refractivity contribution >= 4 is 23.3 Å². The predicted octanol–water partition coefficient (Wildman–Crippen LogP) is 1.77. The monoisotopic (exact) mass is 262 g/mol. The first-order chi connectivity index (χ1) is 8.66. The summed E-state index contributed by atoms with van der Waals surface area (Å²) in [5, 5.41) is 10.2. The number of nitrogens with two attached hydrogens (primary N) is 1. The van der Waals surface area contributed by atoms with E-state index in [9.17, 15) is 4.79 Å². The summed E-state index contributed by atoms with van der Waals surface area (Å²) in [5.74, 6) is -0.0337. The van der Waals surface area contributed by atoms with Crippen molar-refractivity contribution < 1.29 is 4.79 Å². The largest absolute Gasteiger partial charge is 0.316 e. The van der Waals surface area contributed by atoms with Gasteiger partial charge in [0.05, 0.1) is 0 Å². The Hall–Kier alpha value is -1.98. The molecule has 92 valence electrons. The minimum absolute atomic E-state index is 0.264. The van der Waals surface area contributed by atoms with E-state index in [2.05, 4.69) is 15.5 Å². The average Bonchev–Trinajstić information content (AvgIpc) is 2.41. The third-order valence-corrected chi connectivity index (χ3v) is 2.53. The van der Waals surface area contributed by atoms with Gasteiger partial charge in [0, 0.05) is 0 Å². The molecule has 1 aromatic carbocycles. The molecule has 0 saturated heterocycles. The molecule has 0 unspecified atom stereocenters. The van der Waals surface area contributed by atoms with Gasteiger partial charge in [0.25, 0.3) is 0 Å². The molecule has 0 radical (unpaired) electrons. The number of benzene rings is 1. The first-order valence-corrected chi connectivity index (χ1v) is 5.65. The number of amides is 1. The zero-order chi connectivity index (χ0) is 13.0. The summed E-state index contributed by atoms with van der Waals surface area (Å²) >= 11 is 5.60. The first-order valence-electron chi connectivity index (χ1n) is 5.27. The van der Waals surface area contributed by atoms with Crippen molar-refractivity contribution in [2.45, 2.75) is 6.04 Å². The average molecular weight is 263 g/mol. The zero-order valence-corrected chi connectivity index (χ0v) is 10.1. The number of halogens is 1. The van der Waals surface area contributed by atoms with E-state index in [1.807, 2.05) is 18.2 Å². The molecule has 1 aromatic heterocycles. The predicted molar refractivity (Wildman–Crippen MR) is 69.0 cm³/mol. The van der Waals surface area contributed by atoms with Crippen LogP contribution in [0, 0.1) is 0 Å². The van der Waals surface area contributed by atoms with Gasteiger partial charge in [0.15, 0.2) is 11.0 Å². The highest BCUT2D eigenvalue weighted by Crippen LogP contribution is 2.12. The smallest absolute Gasteiger partial charge is 0.247 e. The summed E-state index contributed by atoms with van der Waals surface area (Å²) in [4.78, 5) is 11.9. The van der Waals surface area contributed by atoms with Crippen LogP contribution in [0.5, 0.6) is 0 Å². The fraction of sp³-hybridized carbons (Fsp3) is 0.0833. The molecule has 2 rings (SSSR count). The SMILES string of the molecule is N[C@H](C(=O)Nc1ccc(Cl)nn1)c1ccccc1. The molecule has 0 aliphatic heterocycles. The van der Waals surface area contributed by atoms with E-state index in [0.717, 1.165) is 5.56 Å². The Morgan fingerprint density at radius 1 is 1.17 bits per heavy atom. The number of anilines is 1. The summed E-state index contributed by atoms with van der Waals surface area (Å²) in [5.41, 5.74) is 6.56. The first kappa shape index (κ1) is 12.5. The fourth-order valence-electron chi connectivity index (χ4n) is 1.40. The molecule has 2 aromatic rings. The molecule has 5 nitrogen and oxygen atoms in total. The van der Waals surface area contributed by atoms with Gasteiger partial charge in [-0.1, -0.05) is 41.9 Å². The second-order valence-electron chi connectivity index (χ2n) is 3.62. The van der Waals surface area contributed by atoms with E-state index in [1.165, 1.54) is 6.07 Å². The number of aromatic nitrogens is 2. The van der Waals surface area contributed by atoms with Crippen LogP contribution in [-0.4, -0.2) is 16.1 Å². The van der Waals surface area contributed by atoms with E-state index >= 15 is 0 Å². The van der Waals surface area contributed by atoms with Crippen molar-refractivity contribution in [3.05, 3.63) is 53.2 Å². The number of carbonyl (C=O) groups excluding carboxylic acids is 1. The number of hydrogen-bond donors (Lipinski definition) is 2. The Morgan fingerprint density at radius 2 is 1.89 bits per heavy atom. The minimum Gasteiger partial charge on any atom is -0.316 e. The Labute approximate surface area is 109 Å². The standard InChI is InChI=1S/C12H11ClN4O/c13-9-6-7-10(17-16-9)15-12(18)11(14)8-4-2-1-3-5-8/h1-7,11H,14H2,(H,15,17,18)/t11-/m0/s1. The highest BCUT2D eigenvalue weighted by Gasteiger charge is 2.15. The molecule has 1 amide bonds. The van der Waals surface area contributed by atoms with Gasteiger partial charge < -0.3 is 11.1 Å². The quantitative estimate of drug-likeness (QED) is 0.883. The number of hydrogen-bond acceptors (Lipinski definition) is 4. The summed E-state index contributed by atoms with van der Waals surface area (Å²) in [6, 6.07) is 11.4. The van der Waals surface area contributed by atoms with Crippen LogP contribution in [0.25, 0.3) is 0 Å². The maximum Gasteiger partial charge on any atom is 0.247 e. The molecule has 3 N–H and O–H groups in total. The fourth-order valence-corrected chi connectivity index (χ4v) is 1.50. The Bertz CT molecular complexity index is 530. The van der Waals surface area contributed by atoms with Gasteiger partial charge in [-0.3, -0.25) is 4.79 Å². The summed E-state index contributed by atoms with van der Waals surface area (Å²) in [7, 11) is 0. The van der Waals surface area contributed by atoms with E-state index in [1.54, 1.807) is 18.2 Å². The Balaban J connectivity index is 2.06. The van der Waals surface area contributed by atoms with Crippen LogP contribution in [0.4, 0.5) is 5.82 Å². The molecule has 0 spiro atoms. The summed E-state index contributed by atoms with van der Waals surface area (Å²) in [6.45, 7) is 0. The molecule has 1 heterocycles. The van der Waals surface area contributed by atoms with Crippen molar-refractivity contribution in [1.82, 2.24) is 10.2 Å². The van der Waals surface area contributed by atoms with Gasteiger partial charge in [-0.05, 0) is 17.7 Å². The van der Waals surface area contributed by atoms with Gasteiger partial charge in [0.2, 0.25) is 5.91 Å². The Morgan fingerprint density at radius 3 is 2.50 bits per heavy atom. The van der Waals surface area contributed by atoms with Crippen molar-refractivity contribution in [2.24, 2.45) is 5.73 Å². The molecule has 0 bridgehead atoms. The molecular formula is C12H11ClN4O. The summed E-state index contributed by atoms with van der Waals surface area (Å²) < 4.78 is 0. The van der Waals surface area contributed by atoms with Crippen molar-refractivity contribution in [3.8, 4) is 0 Å². The lowest BCUT2D eigenvalue weighted by atomic mass is 10.1. The maximum atomic E-state index is 11.9. The third-order valence-electron chi connectivity index (χ3n) is 2.32. The molecule has 0 aliphatic carbocycles. The van der Waals surface area contributed by atoms with Crippen LogP contribution in [0.1, 0.15) is 11.6 Å². The van der Waals surface area contributed by atoms with Crippen LogP contribution >= 0.6 is 11.6 Å². The Kier molecular flexibility index (Phi) is 3.86. The molecule has 18 heavy (non-hydrogen) atoms. The van der Waals surface area contributed by atoms with Crippen LogP contribution in [0.15, 0.2) is 42.5 Å².